The van der Waals surface area contributed by atoms with Crippen molar-refractivity contribution in [2.24, 2.45) is 0 Å². The van der Waals surface area contributed by atoms with E-state index >= 15 is 0 Å². The van der Waals surface area contributed by atoms with E-state index in [2.05, 4.69) is 15.5 Å². The number of amides is 1. The molecule has 28 heavy (non-hydrogen) atoms. The molecule has 9 heteroatoms. The Morgan fingerprint density at radius 3 is 2.86 bits per heavy atom. The normalized spacial score (nSPS) is 11.4. The first-order valence-electron chi connectivity index (χ1n) is 8.61. The lowest BCUT2D eigenvalue weighted by Crippen LogP contribution is -2.15. The van der Waals surface area contributed by atoms with E-state index in [0.29, 0.717) is 11.4 Å². The van der Waals surface area contributed by atoms with Gasteiger partial charge in [0.1, 0.15) is 22.4 Å². The fraction of sp³-hybridized carbons (Fsp3) is 0.211. The van der Waals surface area contributed by atoms with E-state index in [9.17, 15) is 9.18 Å². The molecule has 0 spiro atoms. The molecule has 0 bridgehead atoms. The first-order valence-corrected chi connectivity index (χ1v) is 9.97. The van der Waals surface area contributed by atoms with Crippen molar-refractivity contribution in [1.29, 1.82) is 0 Å². The standard InChI is InChI=1S/C19H16ClFN4O2S/c1-3-17-23-24-19(15-8-16-14(25(15)17)6-10(2)27-16)28-9-18(26)22-13-5-4-11(20)7-12(13)21/h4-8H,3,9H2,1-2H3,(H,22,26). The molecule has 6 nitrogen and oxygen atoms in total. The largest absolute Gasteiger partial charge is 0.460 e. The summed E-state index contributed by atoms with van der Waals surface area (Å²) in [6, 6.07) is 7.95. The lowest BCUT2D eigenvalue weighted by atomic mass is 10.3. The molecule has 0 aliphatic heterocycles. The third kappa shape index (κ3) is 3.45. The molecule has 0 unspecified atom stereocenters. The summed E-state index contributed by atoms with van der Waals surface area (Å²) in [6.45, 7) is 3.89. The molecule has 144 valence electrons. The van der Waals surface area contributed by atoms with Gasteiger partial charge in [0, 0.05) is 23.6 Å². The number of aryl methyl sites for hydroxylation is 2. The average molecular weight is 419 g/mol. The summed E-state index contributed by atoms with van der Waals surface area (Å²) in [5.41, 5.74) is 2.59. The van der Waals surface area contributed by atoms with Crippen LogP contribution in [0.3, 0.4) is 0 Å². The van der Waals surface area contributed by atoms with Crippen molar-refractivity contribution in [2.45, 2.75) is 25.3 Å². The number of benzene rings is 1. The monoisotopic (exact) mass is 418 g/mol. The summed E-state index contributed by atoms with van der Waals surface area (Å²) in [7, 11) is 0. The van der Waals surface area contributed by atoms with E-state index in [1.54, 1.807) is 0 Å². The van der Waals surface area contributed by atoms with Gasteiger partial charge in [-0.3, -0.25) is 9.20 Å². The van der Waals surface area contributed by atoms with Crippen LogP contribution >= 0.6 is 23.4 Å². The number of anilines is 1. The van der Waals surface area contributed by atoms with Gasteiger partial charge in [-0.15, -0.1) is 10.2 Å². The summed E-state index contributed by atoms with van der Waals surface area (Å²) < 4.78 is 21.6. The molecule has 4 aromatic rings. The molecule has 0 aliphatic rings. The second-order valence-corrected chi connectivity index (χ2v) is 7.61. The van der Waals surface area contributed by atoms with Crippen LogP contribution in [-0.2, 0) is 11.2 Å². The minimum Gasteiger partial charge on any atom is -0.460 e. The van der Waals surface area contributed by atoms with Gasteiger partial charge >= 0.3 is 0 Å². The number of halogens is 2. The second-order valence-electron chi connectivity index (χ2n) is 6.21. The number of rotatable bonds is 5. The molecular weight excluding hydrogens is 403 g/mol. The maximum absolute atomic E-state index is 13.8. The highest BCUT2D eigenvalue weighted by molar-refractivity contribution is 8.00. The van der Waals surface area contributed by atoms with Gasteiger partial charge in [-0.1, -0.05) is 30.3 Å². The van der Waals surface area contributed by atoms with Crippen molar-refractivity contribution in [3.05, 3.63) is 52.8 Å². The molecule has 0 radical (unpaired) electrons. The van der Waals surface area contributed by atoms with E-state index in [4.69, 9.17) is 16.0 Å². The Labute approximate surface area is 169 Å². The molecule has 1 N–H and O–H groups in total. The highest BCUT2D eigenvalue weighted by Crippen LogP contribution is 2.30. The molecule has 1 amide bonds. The third-order valence-corrected chi connectivity index (χ3v) is 5.41. The Bertz CT molecular complexity index is 1200. The maximum atomic E-state index is 13.8. The first kappa shape index (κ1) is 18.8. The Hall–Kier alpha value is -2.58. The highest BCUT2D eigenvalue weighted by atomic mass is 35.5. The van der Waals surface area contributed by atoms with Gasteiger partial charge in [-0.05, 0) is 25.1 Å². The molecule has 0 saturated heterocycles. The van der Waals surface area contributed by atoms with Crippen LogP contribution in [0, 0.1) is 12.7 Å². The SMILES string of the molecule is CCc1nnc(SCC(=O)Nc2ccc(Cl)cc2F)c2cc3oc(C)cc3n12. The Kier molecular flexibility index (Phi) is 4.99. The number of hydrogen-bond acceptors (Lipinski definition) is 5. The summed E-state index contributed by atoms with van der Waals surface area (Å²) in [5, 5.41) is 12.0. The molecular formula is C19H16ClFN4O2S. The number of carbonyl (C=O) groups is 1. The van der Waals surface area contributed by atoms with E-state index in [-0.39, 0.29) is 22.4 Å². The van der Waals surface area contributed by atoms with Crippen molar-refractivity contribution < 1.29 is 13.6 Å². The zero-order chi connectivity index (χ0) is 19.8. The minimum atomic E-state index is -0.581. The van der Waals surface area contributed by atoms with Crippen LogP contribution in [0.25, 0.3) is 16.6 Å². The number of furan rings is 1. The van der Waals surface area contributed by atoms with Crippen LogP contribution in [0.5, 0.6) is 0 Å². The smallest absolute Gasteiger partial charge is 0.234 e. The van der Waals surface area contributed by atoms with Gasteiger partial charge in [-0.2, -0.15) is 0 Å². The van der Waals surface area contributed by atoms with E-state index in [1.165, 1.54) is 23.9 Å². The van der Waals surface area contributed by atoms with Crippen LogP contribution in [0.2, 0.25) is 5.02 Å². The van der Waals surface area contributed by atoms with Gasteiger partial charge < -0.3 is 9.73 Å². The number of carbonyl (C=O) groups excluding carboxylic acids is 1. The Morgan fingerprint density at radius 2 is 2.11 bits per heavy atom. The molecule has 0 atom stereocenters. The van der Waals surface area contributed by atoms with Crippen LogP contribution < -0.4 is 5.32 Å². The van der Waals surface area contributed by atoms with E-state index < -0.39 is 5.82 Å². The molecule has 0 saturated carbocycles. The average Bonchev–Trinajstić information content (AvgIpc) is 3.18. The van der Waals surface area contributed by atoms with Crippen molar-refractivity contribution in [1.82, 2.24) is 14.6 Å². The van der Waals surface area contributed by atoms with Crippen LogP contribution in [0.1, 0.15) is 18.5 Å². The summed E-state index contributed by atoms with van der Waals surface area (Å²) >= 11 is 6.96. The Balaban J connectivity index is 1.58. The summed E-state index contributed by atoms with van der Waals surface area (Å²) in [5.74, 6) is 0.753. The van der Waals surface area contributed by atoms with Gasteiger partial charge in [0.25, 0.3) is 0 Å². The van der Waals surface area contributed by atoms with Crippen LogP contribution in [0.15, 0.2) is 39.8 Å². The molecule has 0 aliphatic carbocycles. The summed E-state index contributed by atoms with van der Waals surface area (Å²) in [4.78, 5) is 12.2. The lowest BCUT2D eigenvalue weighted by Gasteiger charge is -2.08. The molecule has 3 aromatic heterocycles. The zero-order valence-corrected chi connectivity index (χ0v) is 16.7. The molecule has 1 aromatic carbocycles. The first-order chi connectivity index (χ1) is 13.5. The number of aromatic nitrogens is 3. The predicted molar refractivity (Wildman–Crippen MR) is 108 cm³/mol. The van der Waals surface area contributed by atoms with Gasteiger partial charge in [-0.25, -0.2) is 4.39 Å². The number of hydrogen-bond donors (Lipinski definition) is 1. The van der Waals surface area contributed by atoms with Crippen molar-refractivity contribution in [3.8, 4) is 0 Å². The highest BCUT2D eigenvalue weighted by Gasteiger charge is 2.17. The van der Waals surface area contributed by atoms with E-state index in [0.717, 1.165) is 34.3 Å². The van der Waals surface area contributed by atoms with Crippen molar-refractivity contribution in [3.63, 3.8) is 0 Å². The maximum Gasteiger partial charge on any atom is 0.234 e. The lowest BCUT2D eigenvalue weighted by molar-refractivity contribution is -0.113. The zero-order valence-electron chi connectivity index (χ0n) is 15.1. The third-order valence-electron chi connectivity index (χ3n) is 4.21. The molecule has 4 rings (SSSR count). The second kappa shape index (κ2) is 7.44. The quantitative estimate of drug-likeness (QED) is 0.468. The molecule has 3 heterocycles. The number of thioether (sulfide) groups is 1. The predicted octanol–water partition coefficient (Wildman–Crippen LogP) is 4.87. The Morgan fingerprint density at radius 1 is 1.29 bits per heavy atom. The van der Waals surface area contributed by atoms with Crippen LogP contribution in [-0.4, -0.2) is 26.3 Å². The van der Waals surface area contributed by atoms with Gasteiger partial charge in [0.05, 0.1) is 22.5 Å². The van der Waals surface area contributed by atoms with E-state index in [1.807, 2.05) is 30.4 Å². The fourth-order valence-corrected chi connectivity index (χ4v) is 3.89. The minimum absolute atomic E-state index is 0.0590. The fourth-order valence-electron chi connectivity index (χ4n) is 2.99. The van der Waals surface area contributed by atoms with Crippen molar-refractivity contribution in [2.75, 3.05) is 11.1 Å². The van der Waals surface area contributed by atoms with Crippen LogP contribution in [0.4, 0.5) is 10.1 Å². The summed E-state index contributed by atoms with van der Waals surface area (Å²) in [6.07, 6.45) is 0.707. The topological polar surface area (TPSA) is 72.4 Å². The number of fused-ring (bicyclic) bond motifs is 3. The number of nitrogens with one attached hydrogen (secondary N) is 1. The van der Waals surface area contributed by atoms with Crippen molar-refractivity contribution >= 4 is 51.6 Å². The van der Waals surface area contributed by atoms with Gasteiger partial charge in [0.2, 0.25) is 5.91 Å². The molecule has 0 fully saturated rings. The van der Waals surface area contributed by atoms with Gasteiger partial charge in [0.15, 0.2) is 5.58 Å². The number of nitrogens with zero attached hydrogens (tertiary/aromatic N) is 3.